The number of hydrogen-bond acceptors (Lipinski definition) is 3. The number of hydrogen-bond donors (Lipinski definition) is 0. The number of nitrogens with zero attached hydrogens (tertiary/aromatic N) is 2. The zero-order valence-corrected chi connectivity index (χ0v) is 12.8. The Hall–Kier alpha value is -0.870. The summed E-state index contributed by atoms with van der Waals surface area (Å²) < 4.78 is 0. The largest absolute Gasteiger partial charge is 0.334 e. The van der Waals surface area contributed by atoms with E-state index in [1.54, 1.807) is 11.3 Å². The molecule has 2 heterocycles. The molecular formula is C15H24N2OS. The van der Waals surface area contributed by atoms with Crippen molar-refractivity contribution < 1.29 is 4.79 Å². The van der Waals surface area contributed by atoms with Crippen molar-refractivity contribution in [2.75, 3.05) is 26.7 Å². The van der Waals surface area contributed by atoms with Gasteiger partial charge in [-0.3, -0.25) is 9.69 Å². The SMILES string of the molecule is CCCCN(C)CC(=O)N1CCCC1c1cccs1. The summed E-state index contributed by atoms with van der Waals surface area (Å²) in [5.41, 5.74) is 0. The third kappa shape index (κ3) is 3.80. The first-order valence-electron chi connectivity index (χ1n) is 7.23. The van der Waals surface area contributed by atoms with Gasteiger partial charge in [0.05, 0.1) is 12.6 Å². The Balaban J connectivity index is 1.91. The molecule has 1 fully saturated rings. The number of thiophene rings is 1. The second kappa shape index (κ2) is 7.06. The van der Waals surface area contributed by atoms with Gasteiger partial charge in [-0.25, -0.2) is 0 Å². The third-order valence-corrected chi connectivity index (χ3v) is 4.72. The normalized spacial score (nSPS) is 19.3. The Morgan fingerprint density at radius 1 is 1.58 bits per heavy atom. The highest BCUT2D eigenvalue weighted by Crippen LogP contribution is 2.34. The number of rotatable bonds is 6. The first kappa shape index (κ1) is 14.5. The Morgan fingerprint density at radius 2 is 2.42 bits per heavy atom. The molecule has 1 aliphatic heterocycles. The molecule has 0 N–H and O–H groups in total. The molecule has 1 aromatic rings. The highest BCUT2D eigenvalue weighted by atomic mass is 32.1. The molecule has 0 bridgehead atoms. The van der Waals surface area contributed by atoms with Gasteiger partial charge in [-0.1, -0.05) is 19.4 Å². The van der Waals surface area contributed by atoms with Crippen LogP contribution in [0, 0.1) is 0 Å². The van der Waals surface area contributed by atoms with Gasteiger partial charge in [0.1, 0.15) is 0 Å². The summed E-state index contributed by atoms with van der Waals surface area (Å²) in [6.45, 7) is 4.67. The van der Waals surface area contributed by atoms with Crippen LogP contribution in [-0.2, 0) is 4.79 Å². The molecule has 1 atom stereocenters. The predicted octanol–water partition coefficient (Wildman–Crippen LogP) is 3.14. The Kier molecular flexibility index (Phi) is 5.40. The molecule has 0 aromatic carbocycles. The fourth-order valence-corrected chi connectivity index (χ4v) is 3.54. The van der Waals surface area contributed by atoms with Crippen LogP contribution in [0.4, 0.5) is 0 Å². The van der Waals surface area contributed by atoms with Crippen LogP contribution in [0.3, 0.4) is 0 Å². The van der Waals surface area contributed by atoms with E-state index < -0.39 is 0 Å². The molecule has 1 unspecified atom stereocenters. The van der Waals surface area contributed by atoms with Crippen LogP contribution in [0.2, 0.25) is 0 Å². The number of carbonyl (C=O) groups is 1. The highest BCUT2D eigenvalue weighted by Gasteiger charge is 2.30. The van der Waals surface area contributed by atoms with E-state index in [-0.39, 0.29) is 5.91 Å². The zero-order valence-electron chi connectivity index (χ0n) is 12.0. The number of likely N-dealkylation sites (tertiary alicyclic amines) is 1. The van der Waals surface area contributed by atoms with Crippen LogP contribution in [0.5, 0.6) is 0 Å². The standard InChI is InChI=1S/C15H24N2OS/c1-3-4-9-16(2)12-15(18)17-10-5-7-13(17)14-8-6-11-19-14/h6,8,11,13H,3-5,7,9-10,12H2,1-2H3. The number of likely N-dealkylation sites (N-methyl/N-ethyl adjacent to an activating group) is 1. The lowest BCUT2D eigenvalue weighted by atomic mass is 10.2. The number of amides is 1. The van der Waals surface area contributed by atoms with Crippen molar-refractivity contribution in [1.82, 2.24) is 9.80 Å². The summed E-state index contributed by atoms with van der Waals surface area (Å²) in [7, 11) is 2.05. The van der Waals surface area contributed by atoms with Gasteiger partial charge in [0.15, 0.2) is 0 Å². The van der Waals surface area contributed by atoms with Gasteiger partial charge in [0.25, 0.3) is 0 Å². The molecular weight excluding hydrogens is 256 g/mol. The molecule has 4 heteroatoms. The molecule has 0 saturated carbocycles. The average molecular weight is 280 g/mol. The van der Waals surface area contributed by atoms with Crippen LogP contribution >= 0.6 is 11.3 Å². The Morgan fingerprint density at radius 3 is 3.11 bits per heavy atom. The molecule has 2 rings (SSSR count). The topological polar surface area (TPSA) is 23.6 Å². The first-order valence-corrected chi connectivity index (χ1v) is 8.11. The summed E-state index contributed by atoms with van der Waals surface area (Å²) in [5, 5.41) is 2.10. The minimum atomic E-state index is 0.287. The van der Waals surface area contributed by atoms with Gasteiger partial charge in [-0.05, 0) is 44.3 Å². The summed E-state index contributed by atoms with van der Waals surface area (Å²) in [6, 6.07) is 4.56. The van der Waals surface area contributed by atoms with Crippen LogP contribution in [0.25, 0.3) is 0 Å². The molecule has 1 saturated heterocycles. The Labute approximate surface area is 120 Å². The fraction of sp³-hybridized carbons (Fsp3) is 0.667. The van der Waals surface area contributed by atoms with Crippen LogP contribution < -0.4 is 0 Å². The third-order valence-electron chi connectivity index (χ3n) is 3.74. The van der Waals surface area contributed by atoms with Crippen molar-refractivity contribution in [2.45, 2.75) is 38.6 Å². The quantitative estimate of drug-likeness (QED) is 0.799. The molecule has 1 aliphatic rings. The van der Waals surface area contributed by atoms with E-state index >= 15 is 0 Å². The summed E-state index contributed by atoms with van der Waals surface area (Å²) in [6.07, 6.45) is 4.59. The fourth-order valence-electron chi connectivity index (χ4n) is 2.67. The molecule has 0 aliphatic carbocycles. The molecule has 0 spiro atoms. The Bertz CT molecular complexity index is 391. The van der Waals surface area contributed by atoms with Crippen molar-refractivity contribution in [3.63, 3.8) is 0 Å². The first-order chi connectivity index (χ1) is 9.22. The van der Waals surface area contributed by atoms with Gasteiger partial charge in [-0.15, -0.1) is 11.3 Å². The monoisotopic (exact) mass is 280 g/mol. The summed E-state index contributed by atoms with van der Waals surface area (Å²) >= 11 is 1.77. The molecule has 19 heavy (non-hydrogen) atoms. The van der Waals surface area contributed by atoms with E-state index in [1.807, 2.05) is 7.05 Å². The van der Waals surface area contributed by atoms with Crippen molar-refractivity contribution >= 4 is 17.2 Å². The van der Waals surface area contributed by atoms with E-state index in [0.717, 1.165) is 32.4 Å². The van der Waals surface area contributed by atoms with E-state index in [2.05, 4.69) is 34.2 Å². The summed E-state index contributed by atoms with van der Waals surface area (Å²) in [4.78, 5) is 18.0. The molecule has 3 nitrogen and oxygen atoms in total. The van der Waals surface area contributed by atoms with Crippen molar-refractivity contribution in [2.24, 2.45) is 0 Å². The van der Waals surface area contributed by atoms with Crippen LogP contribution in [0.1, 0.15) is 43.5 Å². The van der Waals surface area contributed by atoms with Crippen molar-refractivity contribution in [1.29, 1.82) is 0 Å². The van der Waals surface area contributed by atoms with Gasteiger partial charge < -0.3 is 4.90 Å². The van der Waals surface area contributed by atoms with E-state index in [0.29, 0.717) is 12.6 Å². The van der Waals surface area contributed by atoms with Gasteiger partial charge in [0.2, 0.25) is 5.91 Å². The zero-order chi connectivity index (χ0) is 13.7. The molecule has 106 valence electrons. The average Bonchev–Trinajstić information content (AvgIpc) is 3.05. The lowest BCUT2D eigenvalue weighted by Crippen LogP contribution is -2.38. The minimum absolute atomic E-state index is 0.287. The smallest absolute Gasteiger partial charge is 0.237 e. The highest BCUT2D eigenvalue weighted by molar-refractivity contribution is 7.10. The van der Waals surface area contributed by atoms with Gasteiger partial charge in [-0.2, -0.15) is 0 Å². The number of unbranched alkanes of at least 4 members (excludes halogenated alkanes) is 1. The van der Waals surface area contributed by atoms with Crippen LogP contribution in [0.15, 0.2) is 17.5 Å². The maximum atomic E-state index is 12.4. The van der Waals surface area contributed by atoms with E-state index in [4.69, 9.17) is 0 Å². The van der Waals surface area contributed by atoms with Gasteiger partial charge >= 0.3 is 0 Å². The van der Waals surface area contributed by atoms with E-state index in [9.17, 15) is 4.79 Å². The van der Waals surface area contributed by atoms with Crippen molar-refractivity contribution in [3.8, 4) is 0 Å². The van der Waals surface area contributed by atoms with Gasteiger partial charge in [0, 0.05) is 11.4 Å². The lowest BCUT2D eigenvalue weighted by Gasteiger charge is -2.26. The second-order valence-electron chi connectivity index (χ2n) is 5.35. The maximum Gasteiger partial charge on any atom is 0.237 e. The predicted molar refractivity (Wildman–Crippen MR) is 80.4 cm³/mol. The molecule has 1 aromatic heterocycles. The number of carbonyl (C=O) groups excluding carboxylic acids is 1. The molecule has 1 amide bonds. The maximum absolute atomic E-state index is 12.4. The summed E-state index contributed by atoms with van der Waals surface area (Å²) in [5.74, 6) is 0.287. The molecule has 0 radical (unpaired) electrons. The lowest BCUT2D eigenvalue weighted by molar-refractivity contribution is -0.133. The second-order valence-corrected chi connectivity index (χ2v) is 6.33. The minimum Gasteiger partial charge on any atom is -0.334 e. The van der Waals surface area contributed by atoms with E-state index in [1.165, 1.54) is 11.3 Å². The van der Waals surface area contributed by atoms with Crippen molar-refractivity contribution in [3.05, 3.63) is 22.4 Å². The van der Waals surface area contributed by atoms with Crippen LogP contribution in [-0.4, -0.2) is 42.4 Å².